The van der Waals surface area contributed by atoms with Gasteiger partial charge in [-0.15, -0.1) is 0 Å². The van der Waals surface area contributed by atoms with E-state index in [-0.39, 0.29) is 18.6 Å². The Morgan fingerprint density at radius 3 is 2.50 bits per heavy atom. The molecule has 0 N–H and O–H groups in total. The fraction of sp³-hybridized carbons (Fsp3) is 0.619. The Bertz CT molecular complexity index is 773. The molecule has 0 fully saturated rings. The second-order valence-corrected chi connectivity index (χ2v) is 8.76. The standard InChI is InChI=1S/C21H29ClN2O4/c1-21(2,3)28-20(26)23-10-7-14-12-15-6-5-9-24(17(25)13-27-4)19(15)18(22)16(14)8-11-23/h12H,5-11,13H2,1-4H3. The van der Waals surface area contributed by atoms with Crippen LogP contribution in [-0.4, -0.2) is 55.9 Å². The molecule has 3 rings (SSSR count). The second-order valence-electron chi connectivity index (χ2n) is 8.39. The van der Waals surface area contributed by atoms with Crippen molar-refractivity contribution in [1.29, 1.82) is 0 Å². The Morgan fingerprint density at radius 2 is 1.82 bits per heavy atom. The molecule has 2 amide bonds. The summed E-state index contributed by atoms with van der Waals surface area (Å²) in [6.45, 7) is 7.45. The van der Waals surface area contributed by atoms with Crippen LogP contribution in [0.4, 0.5) is 10.5 Å². The molecule has 0 atom stereocenters. The molecule has 2 aliphatic rings. The van der Waals surface area contributed by atoms with E-state index in [1.807, 2.05) is 20.8 Å². The summed E-state index contributed by atoms with van der Waals surface area (Å²) >= 11 is 6.82. The number of anilines is 1. The van der Waals surface area contributed by atoms with Gasteiger partial charge in [0.1, 0.15) is 12.2 Å². The summed E-state index contributed by atoms with van der Waals surface area (Å²) in [4.78, 5) is 28.5. The largest absolute Gasteiger partial charge is 0.444 e. The molecule has 0 bridgehead atoms. The highest BCUT2D eigenvalue weighted by Crippen LogP contribution is 2.40. The molecular formula is C21H29ClN2O4. The van der Waals surface area contributed by atoms with Crippen molar-refractivity contribution in [3.05, 3.63) is 27.8 Å². The molecule has 28 heavy (non-hydrogen) atoms. The third-order valence-electron chi connectivity index (χ3n) is 5.11. The van der Waals surface area contributed by atoms with E-state index in [4.69, 9.17) is 21.1 Å². The van der Waals surface area contributed by atoms with Crippen LogP contribution < -0.4 is 4.90 Å². The molecule has 0 saturated carbocycles. The Balaban J connectivity index is 1.87. The van der Waals surface area contributed by atoms with E-state index in [1.54, 1.807) is 9.80 Å². The van der Waals surface area contributed by atoms with Gasteiger partial charge in [-0.3, -0.25) is 4.79 Å². The van der Waals surface area contributed by atoms with Crippen LogP contribution in [0.5, 0.6) is 0 Å². The van der Waals surface area contributed by atoms with E-state index >= 15 is 0 Å². The van der Waals surface area contributed by atoms with E-state index in [1.165, 1.54) is 7.11 Å². The average Bonchev–Trinajstić information content (AvgIpc) is 2.83. The number of methoxy groups -OCH3 is 1. The van der Waals surface area contributed by atoms with Crippen LogP contribution in [-0.2, 0) is 33.5 Å². The minimum Gasteiger partial charge on any atom is -0.444 e. The van der Waals surface area contributed by atoms with Crippen LogP contribution in [0.3, 0.4) is 0 Å². The van der Waals surface area contributed by atoms with E-state index in [9.17, 15) is 9.59 Å². The minimum atomic E-state index is -0.519. The molecule has 154 valence electrons. The molecule has 0 aliphatic carbocycles. The normalized spacial score (nSPS) is 16.9. The zero-order chi connectivity index (χ0) is 20.5. The first kappa shape index (κ1) is 20.9. The van der Waals surface area contributed by atoms with Gasteiger partial charge in [0.2, 0.25) is 0 Å². The first-order chi connectivity index (χ1) is 13.2. The highest BCUT2D eigenvalue weighted by Gasteiger charge is 2.30. The number of hydrogen-bond donors (Lipinski definition) is 0. The molecular weight excluding hydrogens is 380 g/mol. The van der Waals surface area contributed by atoms with Crippen LogP contribution in [0.2, 0.25) is 5.02 Å². The van der Waals surface area contributed by atoms with Crippen LogP contribution in [0.15, 0.2) is 6.07 Å². The van der Waals surface area contributed by atoms with Crippen molar-refractivity contribution in [2.45, 2.75) is 52.1 Å². The maximum atomic E-state index is 12.5. The quantitative estimate of drug-likeness (QED) is 0.750. The molecule has 0 saturated heterocycles. The number of carbonyl (C=O) groups excluding carboxylic acids is 2. The smallest absolute Gasteiger partial charge is 0.410 e. The molecule has 0 unspecified atom stereocenters. The number of rotatable bonds is 2. The molecule has 0 spiro atoms. The lowest BCUT2D eigenvalue weighted by atomic mass is 9.93. The molecule has 7 heteroatoms. The molecule has 0 radical (unpaired) electrons. The Hall–Kier alpha value is -1.79. The lowest BCUT2D eigenvalue weighted by molar-refractivity contribution is -0.122. The third-order valence-corrected chi connectivity index (χ3v) is 5.52. The summed E-state index contributed by atoms with van der Waals surface area (Å²) in [6, 6.07) is 2.17. The lowest BCUT2D eigenvalue weighted by Gasteiger charge is -2.32. The number of amides is 2. The predicted octanol–water partition coefficient (Wildman–Crippen LogP) is 3.60. The zero-order valence-corrected chi connectivity index (χ0v) is 17.9. The van der Waals surface area contributed by atoms with Crippen LogP contribution >= 0.6 is 11.6 Å². The Kier molecular flexibility index (Phi) is 6.20. The van der Waals surface area contributed by atoms with Gasteiger partial charge in [-0.2, -0.15) is 0 Å². The van der Waals surface area contributed by atoms with Gasteiger partial charge >= 0.3 is 6.09 Å². The van der Waals surface area contributed by atoms with Crippen molar-refractivity contribution in [3.63, 3.8) is 0 Å². The first-order valence-corrected chi connectivity index (χ1v) is 10.2. The number of nitrogens with zero attached hydrogens (tertiary/aromatic N) is 2. The number of benzene rings is 1. The lowest BCUT2D eigenvalue weighted by Crippen LogP contribution is -2.38. The van der Waals surface area contributed by atoms with Crippen molar-refractivity contribution in [1.82, 2.24) is 4.90 Å². The van der Waals surface area contributed by atoms with E-state index in [2.05, 4.69) is 6.07 Å². The number of hydrogen-bond acceptors (Lipinski definition) is 4. The van der Waals surface area contributed by atoms with E-state index < -0.39 is 5.60 Å². The van der Waals surface area contributed by atoms with Crippen molar-refractivity contribution in [3.8, 4) is 0 Å². The molecule has 2 aliphatic heterocycles. The van der Waals surface area contributed by atoms with Crippen molar-refractivity contribution in [2.75, 3.05) is 38.3 Å². The van der Waals surface area contributed by atoms with Gasteiger partial charge in [-0.05, 0) is 63.1 Å². The molecule has 2 heterocycles. The molecule has 1 aromatic carbocycles. The topological polar surface area (TPSA) is 59.1 Å². The van der Waals surface area contributed by atoms with E-state index in [0.717, 1.165) is 41.6 Å². The maximum Gasteiger partial charge on any atom is 0.410 e. The van der Waals surface area contributed by atoms with Crippen LogP contribution in [0.1, 0.15) is 43.9 Å². The Morgan fingerprint density at radius 1 is 1.11 bits per heavy atom. The second kappa shape index (κ2) is 8.29. The number of carbonyl (C=O) groups is 2. The third kappa shape index (κ3) is 4.44. The average molecular weight is 409 g/mol. The number of aryl methyl sites for hydroxylation is 1. The van der Waals surface area contributed by atoms with Gasteiger partial charge in [-0.25, -0.2) is 4.79 Å². The van der Waals surface area contributed by atoms with Crippen molar-refractivity contribution < 1.29 is 19.1 Å². The molecule has 1 aromatic rings. The summed E-state index contributed by atoms with van der Waals surface area (Å²) in [5.74, 6) is -0.0747. The summed E-state index contributed by atoms with van der Waals surface area (Å²) in [5.41, 5.74) is 3.60. The highest BCUT2D eigenvalue weighted by molar-refractivity contribution is 6.35. The highest BCUT2D eigenvalue weighted by atomic mass is 35.5. The van der Waals surface area contributed by atoms with Crippen molar-refractivity contribution in [2.24, 2.45) is 0 Å². The first-order valence-electron chi connectivity index (χ1n) is 9.81. The summed E-state index contributed by atoms with van der Waals surface area (Å²) in [6.07, 6.45) is 2.88. The SMILES string of the molecule is COCC(=O)N1CCCc2cc3c(c(Cl)c21)CCN(C(=O)OC(C)(C)C)CC3. The number of ether oxygens (including phenoxy) is 2. The van der Waals surface area contributed by atoms with Gasteiger partial charge in [0, 0.05) is 26.7 Å². The minimum absolute atomic E-state index is 0.0409. The van der Waals surface area contributed by atoms with Crippen LogP contribution in [0.25, 0.3) is 0 Å². The predicted molar refractivity (Wildman–Crippen MR) is 109 cm³/mol. The number of halogens is 1. The molecule has 0 aromatic heterocycles. The van der Waals surface area contributed by atoms with Crippen LogP contribution in [0, 0.1) is 0 Å². The van der Waals surface area contributed by atoms with Gasteiger partial charge in [0.25, 0.3) is 5.91 Å². The zero-order valence-electron chi connectivity index (χ0n) is 17.1. The van der Waals surface area contributed by atoms with Gasteiger partial charge in [-0.1, -0.05) is 17.7 Å². The number of fused-ring (bicyclic) bond motifs is 2. The fourth-order valence-corrected chi connectivity index (χ4v) is 4.32. The summed E-state index contributed by atoms with van der Waals surface area (Å²) in [5, 5.41) is 0.641. The summed E-state index contributed by atoms with van der Waals surface area (Å²) < 4.78 is 10.6. The summed E-state index contributed by atoms with van der Waals surface area (Å²) in [7, 11) is 1.52. The van der Waals surface area contributed by atoms with Gasteiger partial charge in [0.15, 0.2) is 0 Å². The fourth-order valence-electron chi connectivity index (χ4n) is 3.88. The van der Waals surface area contributed by atoms with Crippen molar-refractivity contribution >= 4 is 29.3 Å². The van der Waals surface area contributed by atoms with Gasteiger partial charge in [0.05, 0.1) is 10.7 Å². The maximum absolute atomic E-state index is 12.5. The monoisotopic (exact) mass is 408 g/mol. The molecule has 6 nitrogen and oxygen atoms in total. The van der Waals surface area contributed by atoms with Gasteiger partial charge < -0.3 is 19.3 Å². The van der Waals surface area contributed by atoms with E-state index in [0.29, 0.717) is 31.1 Å². The Labute approximate surface area is 171 Å².